The van der Waals surface area contributed by atoms with Crippen LogP contribution in [0.3, 0.4) is 0 Å². The van der Waals surface area contributed by atoms with Crippen molar-refractivity contribution in [3.8, 4) is 0 Å². The monoisotopic (exact) mass is 271 g/mol. The molecular weight excluding hydrogens is 238 g/mol. The molecule has 0 radical (unpaired) electrons. The van der Waals surface area contributed by atoms with Gasteiger partial charge < -0.3 is 5.32 Å². The molecule has 18 heavy (non-hydrogen) atoms. The maximum absolute atomic E-state index is 3.75. The molecule has 2 heteroatoms. The first-order valence-electron chi connectivity index (χ1n) is 8.21. The van der Waals surface area contributed by atoms with E-state index in [4.69, 9.17) is 0 Å². The fourth-order valence-corrected chi connectivity index (χ4v) is 4.17. The summed E-state index contributed by atoms with van der Waals surface area (Å²) in [6.07, 6.45) is 14.2. The van der Waals surface area contributed by atoms with E-state index in [1.54, 1.807) is 0 Å². The summed E-state index contributed by atoms with van der Waals surface area (Å²) >= 11 is 2.25. The molecule has 0 aromatic rings. The molecule has 0 aromatic heterocycles. The van der Waals surface area contributed by atoms with E-state index in [0.29, 0.717) is 0 Å². The highest BCUT2D eigenvalue weighted by molar-refractivity contribution is 7.99. The van der Waals surface area contributed by atoms with Crippen LogP contribution in [0.1, 0.15) is 78.1 Å². The number of rotatable bonds is 10. The lowest BCUT2D eigenvalue weighted by atomic mass is 10.0. The summed E-state index contributed by atoms with van der Waals surface area (Å²) in [6.45, 7) is 5.76. The second kappa shape index (κ2) is 11.2. The molecule has 0 spiro atoms. The van der Waals surface area contributed by atoms with Gasteiger partial charge in [0, 0.05) is 17.0 Å². The second-order valence-electron chi connectivity index (χ2n) is 5.74. The Morgan fingerprint density at radius 3 is 2.50 bits per heavy atom. The van der Waals surface area contributed by atoms with Crippen LogP contribution in [0.2, 0.25) is 0 Å². The van der Waals surface area contributed by atoms with E-state index in [0.717, 1.165) is 11.3 Å². The van der Waals surface area contributed by atoms with Crippen molar-refractivity contribution in [2.75, 3.05) is 12.3 Å². The lowest BCUT2D eigenvalue weighted by Crippen LogP contribution is -2.32. The molecule has 1 nitrogen and oxygen atoms in total. The Labute approximate surface area is 119 Å². The number of unbranched alkanes of at least 4 members (excludes halogenated alkanes) is 2. The van der Waals surface area contributed by atoms with Crippen LogP contribution in [-0.2, 0) is 0 Å². The van der Waals surface area contributed by atoms with E-state index in [2.05, 4.69) is 30.9 Å². The fourth-order valence-electron chi connectivity index (χ4n) is 2.72. The zero-order valence-corrected chi connectivity index (χ0v) is 13.4. The SMILES string of the molecule is CCCCCC(CSC1CCCCC1)NCCC. The molecule has 108 valence electrons. The highest BCUT2D eigenvalue weighted by Crippen LogP contribution is 2.29. The number of hydrogen-bond acceptors (Lipinski definition) is 2. The number of thioether (sulfide) groups is 1. The Kier molecular flexibility index (Phi) is 10.1. The van der Waals surface area contributed by atoms with Gasteiger partial charge in [0.2, 0.25) is 0 Å². The first-order chi connectivity index (χ1) is 8.86. The molecule has 1 aliphatic carbocycles. The molecular formula is C16H33NS. The molecule has 1 rings (SSSR count). The van der Waals surface area contributed by atoms with Crippen LogP contribution in [0.25, 0.3) is 0 Å². The third-order valence-corrected chi connectivity index (χ3v) is 5.46. The summed E-state index contributed by atoms with van der Waals surface area (Å²) in [5.41, 5.74) is 0. The molecule has 0 bridgehead atoms. The van der Waals surface area contributed by atoms with E-state index >= 15 is 0 Å². The lowest BCUT2D eigenvalue weighted by molar-refractivity contribution is 0.488. The van der Waals surface area contributed by atoms with Crippen molar-refractivity contribution < 1.29 is 0 Å². The molecule has 0 aromatic carbocycles. The van der Waals surface area contributed by atoms with E-state index in [1.807, 2.05) is 0 Å². The largest absolute Gasteiger partial charge is 0.313 e. The maximum Gasteiger partial charge on any atom is 0.0158 e. The average molecular weight is 272 g/mol. The van der Waals surface area contributed by atoms with Crippen LogP contribution >= 0.6 is 11.8 Å². The molecule has 0 saturated heterocycles. The van der Waals surface area contributed by atoms with E-state index < -0.39 is 0 Å². The minimum absolute atomic E-state index is 0.767. The Morgan fingerprint density at radius 1 is 1.06 bits per heavy atom. The van der Waals surface area contributed by atoms with Crippen LogP contribution in [0.15, 0.2) is 0 Å². The number of nitrogens with one attached hydrogen (secondary N) is 1. The lowest BCUT2D eigenvalue weighted by Gasteiger charge is -2.24. The number of hydrogen-bond donors (Lipinski definition) is 1. The van der Waals surface area contributed by atoms with Crippen molar-refractivity contribution in [2.24, 2.45) is 0 Å². The zero-order valence-electron chi connectivity index (χ0n) is 12.5. The van der Waals surface area contributed by atoms with E-state index in [-0.39, 0.29) is 0 Å². The van der Waals surface area contributed by atoms with Crippen LogP contribution < -0.4 is 5.32 Å². The second-order valence-corrected chi connectivity index (χ2v) is 7.07. The quantitative estimate of drug-likeness (QED) is 0.561. The Morgan fingerprint density at radius 2 is 1.83 bits per heavy atom. The molecule has 0 aliphatic heterocycles. The molecule has 1 aliphatic rings. The minimum atomic E-state index is 0.767. The van der Waals surface area contributed by atoms with Gasteiger partial charge in [-0.1, -0.05) is 52.4 Å². The molecule has 1 fully saturated rings. The summed E-state index contributed by atoms with van der Waals surface area (Å²) < 4.78 is 0. The van der Waals surface area contributed by atoms with Crippen LogP contribution in [0.5, 0.6) is 0 Å². The Hall–Kier alpha value is 0.310. The average Bonchev–Trinajstić information content (AvgIpc) is 2.42. The minimum Gasteiger partial charge on any atom is -0.313 e. The summed E-state index contributed by atoms with van der Waals surface area (Å²) in [4.78, 5) is 0. The zero-order chi connectivity index (χ0) is 13.1. The summed E-state index contributed by atoms with van der Waals surface area (Å²) in [5, 5.41) is 4.72. The standard InChI is InChI=1S/C16H33NS/c1-3-5-7-10-15(17-13-4-2)14-18-16-11-8-6-9-12-16/h15-17H,3-14H2,1-2H3. The normalized spacial score (nSPS) is 19.0. The van der Waals surface area contributed by atoms with Gasteiger partial charge in [-0.25, -0.2) is 0 Å². The van der Waals surface area contributed by atoms with Gasteiger partial charge in [-0.15, -0.1) is 0 Å². The van der Waals surface area contributed by atoms with Gasteiger partial charge in [0.25, 0.3) is 0 Å². The topological polar surface area (TPSA) is 12.0 Å². The first-order valence-corrected chi connectivity index (χ1v) is 9.26. The molecule has 1 atom stereocenters. The van der Waals surface area contributed by atoms with Crippen molar-refractivity contribution in [1.29, 1.82) is 0 Å². The van der Waals surface area contributed by atoms with Gasteiger partial charge in [-0.05, 0) is 32.2 Å². The molecule has 0 amide bonds. The van der Waals surface area contributed by atoms with Crippen molar-refractivity contribution >= 4 is 11.8 Å². The van der Waals surface area contributed by atoms with Gasteiger partial charge >= 0.3 is 0 Å². The highest BCUT2D eigenvalue weighted by atomic mass is 32.2. The van der Waals surface area contributed by atoms with Gasteiger partial charge in [-0.3, -0.25) is 0 Å². The van der Waals surface area contributed by atoms with E-state index in [1.165, 1.54) is 76.5 Å². The molecule has 1 unspecified atom stereocenters. The molecule has 1 N–H and O–H groups in total. The van der Waals surface area contributed by atoms with Gasteiger partial charge in [-0.2, -0.15) is 11.8 Å². The van der Waals surface area contributed by atoms with Crippen molar-refractivity contribution in [3.05, 3.63) is 0 Å². The van der Waals surface area contributed by atoms with E-state index in [9.17, 15) is 0 Å². The predicted molar refractivity (Wildman–Crippen MR) is 85.6 cm³/mol. The van der Waals surface area contributed by atoms with Crippen LogP contribution in [-0.4, -0.2) is 23.6 Å². The van der Waals surface area contributed by atoms with Crippen molar-refractivity contribution in [1.82, 2.24) is 5.32 Å². The van der Waals surface area contributed by atoms with Gasteiger partial charge in [0.1, 0.15) is 0 Å². The third-order valence-electron chi connectivity index (χ3n) is 3.92. The smallest absolute Gasteiger partial charge is 0.0158 e. The van der Waals surface area contributed by atoms with Crippen molar-refractivity contribution in [3.63, 3.8) is 0 Å². The fraction of sp³-hybridized carbons (Fsp3) is 1.00. The highest BCUT2D eigenvalue weighted by Gasteiger charge is 2.16. The van der Waals surface area contributed by atoms with Crippen molar-refractivity contribution in [2.45, 2.75) is 89.3 Å². The summed E-state index contributed by atoms with van der Waals surface area (Å²) in [5.74, 6) is 1.34. The van der Waals surface area contributed by atoms with Crippen LogP contribution in [0.4, 0.5) is 0 Å². The molecule has 0 heterocycles. The molecule has 1 saturated carbocycles. The van der Waals surface area contributed by atoms with Crippen LogP contribution in [0, 0.1) is 0 Å². The summed E-state index contributed by atoms with van der Waals surface area (Å²) in [6, 6.07) is 0.767. The Bertz CT molecular complexity index is 178. The van der Waals surface area contributed by atoms with Gasteiger partial charge in [0.15, 0.2) is 0 Å². The summed E-state index contributed by atoms with van der Waals surface area (Å²) in [7, 11) is 0. The first kappa shape index (κ1) is 16.4. The maximum atomic E-state index is 3.75. The Balaban J connectivity index is 2.16. The predicted octanol–water partition coefficient (Wildman–Crippen LogP) is 5.00. The third kappa shape index (κ3) is 7.68. The van der Waals surface area contributed by atoms with Gasteiger partial charge in [0.05, 0.1) is 0 Å².